The van der Waals surface area contributed by atoms with Crippen LogP contribution in [-0.4, -0.2) is 411 Å². The van der Waals surface area contributed by atoms with E-state index in [2.05, 4.69) is 0 Å². The van der Waals surface area contributed by atoms with Crippen molar-refractivity contribution < 1.29 is 1740 Å². The first-order valence-electron chi connectivity index (χ1n) is 0. The Balaban J connectivity index is 0. The largest absolute Gasteiger partial charge is 1.00 e. The van der Waals surface area contributed by atoms with Crippen molar-refractivity contribution in [1.82, 2.24) is 0 Å². The van der Waals surface area contributed by atoms with Gasteiger partial charge in [0.25, 0.3) is 0 Å². The Morgan fingerprint density at radius 3 is 0.0250 bits per heavy atom. The van der Waals surface area contributed by atoms with Gasteiger partial charge in [-0.05, 0) is 0 Å². The first kappa shape index (κ1) is 2380. The summed E-state index contributed by atoms with van der Waals surface area (Å²) in [4.78, 5) is 0. The van der Waals surface area contributed by atoms with Crippen molar-refractivity contribution in [3.05, 3.63) is 0 Å². The number of rotatable bonds is 0. The molecule has 0 fully saturated rings. The van der Waals surface area contributed by atoms with Crippen LogP contribution in [0.4, 0.5) is 0 Å². The minimum atomic E-state index is 0. The topological polar surface area (TPSA) is 2300 Å². The summed E-state index contributed by atoms with van der Waals surface area (Å²) in [5.74, 6) is 0. The molecule has 0 saturated carbocycles. The van der Waals surface area contributed by atoms with Gasteiger partial charge in [-0.2, -0.15) is 0 Å². The summed E-state index contributed by atoms with van der Waals surface area (Å²) in [7, 11) is 0. The van der Waals surface area contributed by atoms with E-state index in [9.17, 15) is 0 Å². The van der Waals surface area contributed by atoms with Gasteiger partial charge in [0.05, 0.1) is 0 Å². The molecule has 0 bridgehead atoms. The molecule has 0 saturated heterocycles. The monoisotopic (exact) mass is 2340 g/mol. The molecule has 0 spiro atoms. The van der Waals surface area contributed by atoms with Crippen LogP contribution in [0.2, 0.25) is 0 Å². The van der Waals surface area contributed by atoms with E-state index in [-0.39, 0.29) is 1740 Å². The molecule has 0 amide bonds. The molecule has 75 nitrogen and oxygen atoms in total. The fourth-order valence-corrected chi connectivity index (χ4v) is 0. The van der Waals surface area contributed by atoms with Crippen LogP contribution in [0.1, 0.15) is 0 Å². The summed E-state index contributed by atoms with van der Waals surface area (Å²) < 4.78 is 0. The van der Waals surface area contributed by atoms with Crippen LogP contribution in [0.25, 0.3) is 0 Å². The van der Waals surface area contributed by atoms with Crippen molar-refractivity contribution in [3.63, 3.8) is 0 Å². The van der Waals surface area contributed by atoms with Crippen molar-refractivity contribution >= 4 is 0 Å². The molecule has 120 heavy (non-hydrogen) atoms. The average Bonchev–Trinajstić information content (AvgIpc) is 0. The van der Waals surface area contributed by atoms with Crippen LogP contribution >= 0.6 is 0 Å². The zero-order chi connectivity index (χ0) is 0. The van der Waals surface area contributed by atoms with Crippen LogP contribution in [0.5, 0.6) is 0 Å². The van der Waals surface area contributed by atoms with Gasteiger partial charge in [0.15, 0.2) is 0 Å². The fraction of sp³-hybridized carbons (Fsp3) is 0. The summed E-state index contributed by atoms with van der Waals surface area (Å²) in [6.07, 6.45) is 0. The van der Waals surface area contributed by atoms with Gasteiger partial charge < -0.3 is 411 Å². The molecular formula is H105Na45O75. The molecule has 600 valence electrons. The summed E-state index contributed by atoms with van der Waals surface area (Å²) in [6, 6.07) is 0. The van der Waals surface area contributed by atoms with Crippen molar-refractivity contribution in [2.24, 2.45) is 0 Å². The van der Waals surface area contributed by atoms with Crippen LogP contribution < -0.4 is 1330 Å². The Labute approximate surface area is 1690 Å². The van der Waals surface area contributed by atoms with Crippen LogP contribution in [-0.2, 0) is 0 Å². The Kier molecular flexibility index (Phi) is 46400. The molecule has 0 heterocycles. The van der Waals surface area contributed by atoms with Gasteiger partial charge in [0.1, 0.15) is 0 Å². The maximum absolute atomic E-state index is 0. The Hall–Kier alpha value is 42.0. The predicted octanol–water partition coefficient (Wildman–Crippen LogP) is -168. The van der Waals surface area contributed by atoms with Gasteiger partial charge in [0, 0.05) is 0 Å². The molecular weight excluding hydrogens is 2230 g/mol. The fourth-order valence-electron chi connectivity index (χ4n) is 0. The molecule has 120 heteroatoms. The van der Waals surface area contributed by atoms with E-state index in [0.717, 1.165) is 0 Å². The zero-order valence-corrected chi connectivity index (χ0v) is 170. The third-order valence-corrected chi connectivity index (χ3v) is 0. The van der Waals surface area contributed by atoms with E-state index >= 15 is 0 Å². The standard InChI is InChI=1S/45Na.75H2O/h;;;;;;;;;;;;;;;;;;;;;;;;;;;;;;;;;;;;;;;;;;;;;75*1H2/q45*+1;;;;;;;;;;;;;;;;;;;;;;;;;;;;;;;;;;;;;;;;;;;;;;;;;;;;;;;;;;;;;;;;;;;;;;;;;;;/p-45. The van der Waals surface area contributed by atoms with Crippen molar-refractivity contribution in [1.29, 1.82) is 0 Å². The third kappa shape index (κ3) is 2290. The van der Waals surface area contributed by atoms with Gasteiger partial charge in [-0.3, -0.25) is 0 Å². The van der Waals surface area contributed by atoms with Crippen LogP contribution in [0.3, 0.4) is 0 Å². The minimum absolute atomic E-state index is 0. The third-order valence-electron chi connectivity index (χ3n) is 0. The van der Waals surface area contributed by atoms with E-state index in [4.69, 9.17) is 0 Å². The molecule has 0 atom stereocenters. The van der Waals surface area contributed by atoms with Crippen LogP contribution in [0, 0.1) is 0 Å². The molecule has 0 aromatic rings. The van der Waals surface area contributed by atoms with Crippen molar-refractivity contribution in [2.75, 3.05) is 0 Å². The second kappa shape index (κ2) is 2340. The molecule has 0 aliphatic heterocycles. The maximum Gasteiger partial charge on any atom is 1.00 e. The minimum Gasteiger partial charge on any atom is -0.870 e. The zero-order valence-electron chi connectivity index (χ0n) is 80.1. The van der Waals surface area contributed by atoms with Gasteiger partial charge in [-0.25, -0.2) is 0 Å². The molecule has 0 aromatic heterocycles. The van der Waals surface area contributed by atoms with Gasteiger partial charge in [-0.15, -0.1) is 0 Å². The maximum atomic E-state index is 0. The van der Waals surface area contributed by atoms with E-state index in [1.165, 1.54) is 0 Å². The first-order valence-corrected chi connectivity index (χ1v) is 0. The molecule has 0 radical (unpaired) electrons. The quantitative estimate of drug-likeness (QED) is 0.203. The molecule has 0 aliphatic rings. The summed E-state index contributed by atoms with van der Waals surface area (Å²) in [5.41, 5.74) is 0. The van der Waals surface area contributed by atoms with Crippen molar-refractivity contribution in [2.45, 2.75) is 0 Å². The van der Waals surface area contributed by atoms with Gasteiger partial charge >= 0.3 is 1330 Å². The summed E-state index contributed by atoms with van der Waals surface area (Å²) in [6.45, 7) is 0. The van der Waals surface area contributed by atoms with Crippen LogP contribution in [0.15, 0.2) is 0 Å². The molecule has 0 aromatic carbocycles. The second-order valence-corrected chi connectivity index (χ2v) is 0. The molecule has 0 unspecified atom stereocenters. The second-order valence-electron chi connectivity index (χ2n) is 0. The van der Waals surface area contributed by atoms with E-state index < -0.39 is 0 Å². The van der Waals surface area contributed by atoms with E-state index in [0.29, 0.717) is 0 Å². The smallest absolute Gasteiger partial charge is 0.870 e. The molecule has 105 N–H and O–H groups in total. The normalized spacial score (nSPS) is 0. The SMILES string of the molecule is O.O.O.O.O.O.O.O.O.O.O.O.O.O.O.O.O.O.O.O.O.O.O.O.O.O.O.O.O.O.[Na+].[Na+].[Na+].[Na+].[Na+].[Na+].[Na+].[Na+].[Na+].[Na+].[Na+].[Na+].[Na+].[Na+].[Na+].[Na+].[Na+].[Na+].[Na+].[Na+].[Na+].[Na+].[Na+].[Na+].[Na+].[Na+].[Na+].[Na+].[Na+].[Na+].[Na+].[Na+].[Na+].[Na+].[Na+].[Na+].[Na+].[Na+].[Na+].[Na+].[Na+].[Na+].[Na+].[Na+].[Na+].[OH-].[OH-].[OH-].[OH-].[OH-].[OH-].[OH-].[OH-].[OH-].[OH-].[OH-].[OH-].[OH-].[OH-].[OH-].[OH-].[OH-].[OH-].[OH-].[OH-].[OH-].[OH-].[OH-].[OH-].[OH-].[OH-].[OH-].[OH-].[OH-].[OH-].[OH-].[OH-].[OH-].[OH-].[OH-].[OH-].[OH-].[OH-].[OH-].[OH-].[OH-].[OH-].[OH-].[OH-].[OH-]. The first-order chi connectivity index (χ1) is 0. The van der Waals surface area contributed by atoms with Gasteiger partial charge in [0.2, 0.25) is 0 Å². The Morgan fingerprint density at radius 1 is 0.0250 bits per heavy atom. The van der Waals surface area contributed by atoms with E-state index in [1.54, 1.807) is 0 Å². The van der Waals surface area contributed by atoms with Crippen molar-refractivity contribution in [3.8, 4) is 0 Å². The Morgan fingerprint density at radius 2 is 0.0250 bits per heavy atom. The average molecular weight is 2340 g/mol. The summed E-state index contributed by atoms with van der Waals surface area (Å²) >= 11 is 0. The predicted molar refractivity (Wildman–Crippen MR) is 196 cm³/mol. The van der Waals surface area contributed by atoms with E-state index in [1.807, 2.05) is 0 Å². The molecule has 0 aliphatic carbocycles. The number of hydrogen-bond acceptors (Lipinski definition) is 45. The summed E-state index contributed by atoms with van der Waals surface area (Å²) in [5, 5.41) is 0. The van der Waals surface area contributed by atoms with Gasteiger partial charge in [-0.1, -0.05) is 0 Å². The number of hydrogen-bond donors (Lipinski definition) is 0. The molecule has 0 rings (SSSR count). The Bertz CT molecular complexity index is 115.